The van der Waals surface area contributed by atoms with E-state index in [0.717, 1.165) is 5.56 Å². The molecule has 0 fully saturated rings. The van der Waals surface area contributed by atoms with E-state index in [2.05, 4.69) is 5.32 Å². The summed E-state index contributed by atoms with van der Waals surface area (Å²) in [5.41, 5.74) is 0.858. The number of ketones is 1. The van der Waals surface area contributed by atoms with Crippen molar-refractivity contribution in [1.82, 2.24) is 5.32 Å². The number of hydrogen-bond acceptors (Lipinski definition) is 4. The molecule has 0 radical (unpaired) electrons. The lowest BCUT2D eigenvalue weighted by Gasteiger charge is -2.14. The number of Topliss-reactive ketones (excluding diaryl/α,β-unsaturated/α-hetero) is 1. The highest BCUT2D eigenvalue weighted by atomic mass is 16.5. The van der Waals surface area contributed by atoms with Crippen LogP contribution in [0.1, 0.15) is 38.7 Å². The van der Waals surface area contributed by atoms with Gasteiger partial charge in [-0.15, -0.1) is 0 Å². The van der Waals surface area contributed by atoms with Gasteiger partial charge < -0.3 is 15.2 Å². The Labute approximate surface area is 142 Å². The predicted molar refractivity (Wildman–Crippen MR) is 89.5 cm³/mol. The molecule has 0 heterocycles. The summed E-state index contributed by atoms with van der Waals surface area (Å²) < 4.78 is 5.00. The highest BCUT2D eigenvalue weighted by molar-refractivity contribution is 5.84. The molecule has 24 heavy (non-hydrogen) atoms. The molecule has 6 nitrogen and oxygen atoms in total. The van der Waals surface area contributed by atoms with Gasteiger partial charge in [0.25, 0.3) is 0 Å². The van der Waals surface area contributed by atoms with Crippen LogP contribution >= 0.6 is 0 Å². The molecule has 1 atom stereocenters. The van der Waals surface area contributed by atoms with Crippen molar-refractivity contribution >= 4 is 17.8 Å². The number of benzene rings is 1. The molecule has 1 amide bonds. The van der Waals surface area contributed by atoms with E-state index in [1.807, 2.05) is 44.2 Å². The highest BCUT2D eigenvalue weighted by Gasteiger charge is 2.20. The lowest BCUT2D eigenvalue weighted by Crippen LogP contribution is -2.30. The van der Waals surface area contributed by atoms with Crippen molar-refractivity contribution in [2.75, 3.05) is 6.54 Å². The van der Waals surface area contributed by atoms with Crippen molar-refractivity contribution in [3.05, 3.63) is 35.9 Å². The lowest BCUT2D eigenvalue weighted by molar-refractivity contribution is -0.142. The number of carboxylic acid groups (broad SMARTS) is 1. The van der Waals surface area contributed by atoms with Crippen molar-refractivity contribution in [3.8, 4) is 0 Å². The molecule has 6 heteroatoms. The van der Waals surface area contributed by atoms with E-state index in [-0.39, 0.29) is 37.7 Å². The summed E-state index contributed by atoms with van der Waals surface area (Å²) in [6.45, 7) is 3.88. The van der Waals surface area contributed by atoms with Crippen molar-refractivity contribution in [2.45, 2.75) is 39.7 Å². The average Bonchev–Trinajstić information content (AvgIpc) is 2.55. The topological polar surface area (TPSA) is 92.7 Å². The number of carboxylic acids is 1. The van der Waals surface area contributed by atoms with Gasteiger partial charge in [-0.2, -0.15) is 0 Å². The Bertz CT molecular complexity index is 542. The van der Waals surface area contributed by atoms with E-state index in [9.17, 15) is 14.4 Å². The predicted octanol–water partition coefficient (Wildman–Crippen LogP) is 3.01. The SMILES string of the molecule is CC(C)CC(CCC(=O)CNC(=O)OCc1ccccc1)C(=O)O. The monoisotopic (exact) mass is 335 g/mol. The molecule has 0 bridgehead atoms. The van der Waals surface area contributed by atoms with Crippen LogP contribution in [0.4, 0.5) is 4.79 Å². The Balaban J connectivity index is 2.24. The van der Waals surface area contributed by atoms with Gasteiger partial charge in [0.2, 0.25) is 0 Å². The zero-order chi connectivity index (χ0) is 17.9. The fraction of sp³-hybridized carbons (Fsp3) is 0.500. The minimum atomic E-state index is -0.883. The van der Waals surface area contributed by atoms with Gasteiger partial charge in [-0.05, 0) is 24.3 Å². The van der Waals surface area contributed by atoms with Crippen LogP contribution in [0.5, 0.6) is 0 Å². The molecule has 0 saturated heterocycles. The number of rotatable bonds is 10. The van der Waals surface area contributed by atoms with E-state index >= 15 is 0 Å². The molecule has 132 valence electrons. The third kappa shape index (κ3) is 8.31. The average molecular weight is 335 g/mol. The maximum Gasteiger partial charge on any atom is 0.407 e. The van der Waals surface area contributed by atoms with Gasteiger partial charge in [0.05, 0.1) is 12.5 Å². The van der Waals surface area contributed by atoms with Gasteiger partial charge >= 0.3 is 12.1 Å². The molecule has 0 saturated carbocycles. The van der Waals surface area contributed by atoms with Gasteiger partial charge in [-0.3, -0.25) is 9.59 Å². The molecular formula is C18H25NO5. The normalized spacial score (nSPS) is 11.8. The van der Waals surface area contributed by atoms with Gasteiger partial charge in [-0.25, -0.2) is 4.79 Å². The van der Waals surface area contributed by atoms with Crippen LogP contribution in [0.25, 0.3) is 0 Å². The summed E-state index contributed by atoms with van der Waals surface area (Å²) in [6, 6.07) is 9.22. The van der Waals surface area contributed by atoms with Crippen molar-refractivity contribution in [1.29, 1.82) is 0 Å². The Morgan fingerprint density at radius 3 is 2.42 bits per heavy atom. The summed E-state index contributed by atoms with van der Waals surface area (Å²) in [5.74, 6) is -1.36. The summed E-state index contributed by atoms with van der Waals surface area (Å²) in [5, 5.41) is 11.5. The summed E-state index contributed by atoms with van der Waals surface area (Å²) in [6.07, 6.45) is 0.286. The Morgan fingerprint density at radius 1 is 1.17 bits per heavy atom. The number of carbonyl (C=O) groups excluding carboxylic acids is 2. The summed E-state index contributed by atoms with van der Waals surface area (Å²) in [7, 11) is 0. The maximum atomic E-state index is 11.8. The first-order valence-corrected chi connectivity index (χ1v) is 8.07. The first-order chi connectivity index (χ1) is 11.4. The van der Waals surface area contributed by atoms with E-state index < -0.39 is 18.0 Å². The number of aliphatic carboxylic acids is 1. The molecule has 1 aromatic rings. The van der Waals surface area contributed by atoms with Crippen LogP contribution in [-0.2, 0) is 20.9 Å². The third-order valence-corrected chi connectivity index (χ3v) is 3.52. The number of ether oxygens (including phenoxy) is 1. The van der Waals surface area contributed by atoms with Crippen molar-refractivity contribution < 1.29 is 24.2 Å². The Hall–Kier alpha value is -2.37. The quantitative estimate of drug-likeness (QED) is 0.685. The van der Waals surface area contributed by atoms with Crippen LogP contribution in [0.3, 0.4) is 0 Å². The first kappa shape index (κ1) is 19.7. The minimum absolute atomic E-state index is 0.128. The number of nitrogens with one attached hydrogen (secondary N) is 1. The number of carbonyl (C=O) groups is 3. The van der Waals surface area contributed by atoms with Gasteiger partial charge in [0.15, 0.2) is 5.78 Å². The van der Waals surface area contributed by atoms with Crippen LogP contribution < -0.4 is 5.32 Å². The molecule has 0 spiro atoms. The van der Waals surface area contributed by atoms with Gasteiger partial charge in [0, 0.05) is 6.42 Å². The van der Waals surface area contributed by atoms with Crippen LogP contribution in [0.2, 0.25) is 0 Å². The summed E-state index contributed by atoms with van der Waals surface area (Å²) >= 11 is 0. The van der Waals surface area contributed by atoms with Crippen LogP contribution in [0, 0.1) is 11.8 Å². The maximum absolute atomic E-state index is 11.8. The second kappa shape index (κ2) is 10.4. The van der Waals surface area contributed by atoms with Gasteiger partial charge in [0.1, 0.15) is 6.61 Å². The zero-order valence-corrected chi connectivity index (χ0v) is 14.2. The van der Waals surface area contributed by atoms with E-state index in [1.54, 1.807) is 0 Å². The van der Waals surface area contributed by atoms with Crippen molar-refractivity contribution in [2.24, 2.45) is 11.8 Å². The smallest absolute Gasteiger partial charge is 0.407 e. The molecule has 0 aliphatic rings. The highest BCUT2D eigenvalue weighted by Crippen LogP contribution is 2.17. The number of amides is 1. The van der Waals surface area contributed by atoms with Gasteiger partial charge in [-0.1, -0.05) is 44.2 Å². The molecule has 0 aromatic heterocycles. The molecular weight excluding hydrogens is 310 g/mol. The van der Waals surface area contributed by atoms with Crippen LogP contribution in [0.15, 0.2) is 30.3 Å². The first-order valence-electron chi connectivity index (χ1n) is 8.07. The second-order valence-corrected chi connectivity index (χ2v) is 6.16. The van der Waals surface area contributed by atoms with Crippen molar-refractivity contribution in [3.63, 3.8) is 0 Å². The molecule has 0 aliphatic heterocycles. The fourth-order valence-corrected chi connectivity index (χ4v) is 2.28. The van der Waals surface area contributed by atoms with E-state index in [0.29, 0.717) is 6.42 Å². The minimum Gasteiger partial charge on any atom is -0.481 e. The summed E-state index contributed by atoms with van der Waals surface area (Å²) in [4.78, 5) is 34.4. The number of hydrogen-bond donors (Lipinski definition) is 2. The Kier molecular flexibility index (Phi) is 8.54. The Morgan fingerprint density at radius 2 is 1.83 bits per heavy atom. The second-order valence-electron chi connectivity index (χ2n) is 6.16. The molecule has 1 rings (SSSR count). The van der Waals surface area contributed by atoms with Crippen LogP contribution in [-0.4, -0.2) is 29.5 Å². The molecule has 1 unspecified atom stereocenters. The standard InChI is InChI=1S/C18H25NO5/c1-13(2)10-15(17(21)22)8-9-16(20)11-19-18(23)24-12-14-6-4-3-5-7-14/h3-7,13,15H,8-12H2,1-2H3,(H,19,23)(H,21,22). The largest absolute Gasteiger partial charge is 0.481 e. The lowest BCUT2D eigenvalue weighted by atomic mass is 9.92. The fourth-order valence-electron chi connectivity index (χ4n) is 2.28. The molecule has 1 aromatic carbocycles. The zero-order valence-electron chi connectivity index (χ0n) is 14.2. The van der Waals surface area contributed by atoms with E-state index in [1.165, 1.54) is 0 Å². The van der Waals surface area contributed by atoms with E-state index in [4.69, 9.17) is 9.84 Å². The molecule has 0 aliphatic carbocycles. The molecule has 2 N–H and O–H groups in total. The third-order valence-electron chi connectivity index (χ3n) is 3.52. The number of alkyl carbamates (subject to hydrolysis) is 1.